The number of H-pyrrole nitrogens is 1. The van der Waals surface area contributed by atoms with Crippen molar-refractivity contribution in [3.63, 3.8) is 0 Å². The molecule has 2 N–H and O–H groups in total. The fourth-order valence-corrected chi connectivity index (χ4v) is 4.62. The standard InChI is InChI=1S/C29H26N2O6/c1-35-19-10-12-20(13-11-19)37-15-14-31-26(18-6-5-7-21(16-18)36-2)25(28(33)29(31)34)27(32)23-17-30-24-9-4-3-8-22(23)24/h3-13,16-17,26,30,32H,14-15H2,1-2H3/b27-25-. The Bertz CT molecular complexity index is 1490. The van der Waals surface area contributed by atoms with Gasteiger partial charge in [0.25, 0.3) is 11.7 Å². The number of rotatable bonds is 8. The Labute approximate surface area is 213 Å². The number of hydrogen-bond donors (Lipinski definition) is 2. The summed E-state index contributed by atoms with van der Waals surface area (Å²) in [4.78, 5) is 31.1. The molecule has 4 aromatic rings. The number of likely N-dealkylation sites (tertiary alicyclic amines) is 1. The van der Waals surface area contributed by atoms with Crippen LogP contribution in [0.4, 0.5) is 0 Å². The number of carbonyl (C=O) groups excluding carboxylic acids is 2. The van der Waals surface area contributed by atoms with Crippen LogP contribution in [0, 0.1) is 0 Å². The maximum Gasteiger partial charge on any atom is 0.295 e. The van der Waals surface area contributed by atoms with Gasteiger partial charge in [-0.05, 0) is 48.0 Å². The number of amides is 1. The fourth-order valence-electron chi connectivity index (χ4n) is 4.62. The minimum atomic E-state index is -0.816. The molecule has 1 atom stereocenters. The SMILES string of the molecule is COc1ccc(OCCN2C(=O)C(=O)/C(=C(\O)c3c[nH]c4ccccc34)C2c2cccc(OC)c2)cc1. The van der Waals surface area contributed by atoms with Crippen LogP contribution in [0.15, 0.2) is 84.6 Å². The Hall–Kier alpha value is -4.72. The third-order valence-electron chi connectivity index (χ3n) is 6.45. The number of hydrogen-bond acceptors (Lipinski definition) is 6. The minimum absolute atomic E-state index is 0.0208. The lowest BCUT2D eigenvalue weighted by atomic mass is 9.95. The number of nitrogens with one attached hydrogen (secondary N) is 1. The number of aliphatic hydroxyl groups is 1. The van der Waals surface area contributed by atoms with Gasteiger partial charge in [0.15, 0.2) is 0 Å². The minimum Gasteiger partial charge on any atom is -0.507 e. The predicted molar refractivity (Wildman–Crippen MR) is 139 cm³/mol. The van der Waals surface area contributed by atoms with E-state index in [1.54, 1.807) is 68.9 Å². The van der Waals surface area contributed by atoms with Gasteiger partial charge < -0.3 is 29.2 Å². The maximum absolute atomic E-state index is 13.3. The molecule has 1 aromatic heterocycles. The number of aliphatic hydroxyl groups excluding tert-OH is 1. The average Bonchev–Trinajstić information content (AvgIpc) is 3.48. The molecule has 5 rings (SSSR count). The molecule has 1 aliphatic rings. The van der Waals surface area contributed by atoms with Crippen molar-refractivity contribution in [3.8, 4) is 17.2 Å². The summed E-state index contributed by atoms with van der Waals surface area (Å²) in [6.07, 6.45) is 1.64. The largest absolute Gasteiger partial charge is 0.507 e. The lowest BCUT2D eigenvalue weighted by Gasteiger charge is -2.25. The maximum atomic E-state index is 13.3. The molecule has 0 spiro atoms. The molecular weight excluding hydrogens is 472 g/mol. The summed E-state index contributed by atoms with van der Waals surface area (Å²) in [5.74, 6) is 0.196. The van der Waals surface area contributed by atoms with Crippen molar-refractivity contribution in [3.05, 3.63) is 95.7 Å². The molecule has 3 aromatic carbocycles. The van der Waals surface area contributed by atoms with E-state index in [2.05, 4.69) is 4.98 Å². The lowest BCUT2D eigenvalue weighted by Crippen LogP contribution is -2.33. The highest BCUT2D eigenvalue weighted by Gasteiger charge is 2.46. The van der Waals surface area contributed by atoms with Crippen LogP contribution in [-0.2, 0) is 9.59 Å². The Morgan fingerprint density at radius 2 is 1.65 bits per heavy atom. The topological polar surface area (TPSA) is 101 Å². The van der Waals surface area contributed by atoms with Crippen LogP contribution in [0.1, 0.15) is 17.2 Å². The first-order valence-corrected chi connectivity index (χ1v) is 11.8. The van der Waals surface area contributed by atoms with E-state index in [4.69, 9.17) is 14.2 Å². The third-order valence-corrected chi connectivity index (χ3v) is 6.45. The van der Waals surface area contributed by atoms with Gasteiger partial charge in [0, 0.05) is 22.7 Å². The van der Waals surface area contributed by atoms with E-state index in [-0.39, 0.29) is 24.5 Å². The molecule has 0 saturated carbocycles. The zero-order valence-electron chi connectivity index (χ0n) is 20.4. The van der Waals surface area contributed by atoms with Crippen molar-refractivity contribution in [2.45, 2.75) is 6.04 Å². The molecule has 37 heavy (non-hydrogen) atoms. The zero-order chi connectivity index (χ0) is 25.9. The highest BCUT2D eigenvalue weighted by Crippen LogP contribution is 2.41. The number of aromatic amines is 1. The van der Waals surface area contributed by atoms with Crippen LogP contribution in [0.5, 0.6) is 17.2 Å². The van der Waals surface area contributed by atoms with Crippen molar-refractivity contribution >= 4 is 28.4 Å². The summed E-state index contributed by atoms with van der Waals surface area (Å²) in [7, 11) is 3.13. The third kappa shape index (κ3) is 4.49. The first-order valence-electron chi connectivity index (χ1n) is 11.8. The molecule has 8 heteroatoms. The van der Waals surface area contributed by atoms with Crippen molar-refractivity contribution in [2.24, 2.45) is 0 Å². The number of ether oxygens (including phenoxy) is 3. The summed E-state index contributed by atoms with van der Waals surface area (Å²) >= 11 is 0. The zero-order valence-corrected chi connectivity index (χ0v) is 20.4. The highest BCUT2D eigenvalue weighted by molar-refractivity contribution is 6.46. The number of para-hydroxylation sites is 1. The van der Waals surface area contributed by atoms with Gasteiger partial charge in [-0.2, -0.15) is 0 Å². The number of ketones is 1. The smallest absolute Gasteiger partial charge is 0.295 e. The van der Waals surface area contributed by atoms with E-state index in [0.29, 0.717) is 28.4 Å². The monoisotopic (exact) mass is 498 g/mol. The Morgan fingerprint density at radius 3 is 2.41 bits per heavy atom. The van der Waals surface area contributed by atoms with Gasteiger partial charge in [-0.1, -0.05) is 30.3 Å². The van der Waals surface area contributed by atoms with Crippen LogP contribution < -0.4 is 14.2 Å². The molecule has 0 radical (unpaired) electrons. The normalized spacial score (nSPS) is 16.8. The number of methoxy groups -OCH3 is 2. The van der Waals surface area contributed by atoms with Crippen molar-refractivity contribution in [2.75, 3.05) is 27.4 Å². The van der Waals surface area contributed by atoms with Gasteiger partial charge in [-0.15, -0.1) is 0 Å². The van der Waals surface area contributed by atoms with Gasteiger partial charge in [0.2, 0.25) is 0 Å². The first-order chi connectivity index (χ1) is 18.0. The van der Waals surface area contributed by atoms with E-state index in [9.17, 15) is 14.7 Å². The van der Waals surface area contributed by atoms with E-state index in [1.807, 2.05) is 24.3 Å². The number of benzene rings is 3. The summed E-state index contributed by atoms with van der Waals surface area (Å²) < 4.78 is 16.4. The molecule has 0 aliphatic carbocycles. The molecule has 2 heterocycles. The highest BCUT2D eigenvalue weighted by atomic mass is 16.5. The molecule has 1 fully saturated rings. The fraction of sp³-hybridized carbons (Fsp3) is 0.172. The summed E-state index contributed by atoms with van der Waals surface area (Å²) in [5, 5.41) is 12.2. The van der Waals surface area contributed by atoms with Crippen LogP contribution >= 0.6 is 0 Å². The summed E-state index contributed by atoms with van der Waals surface area (Å²) in [6, 6.07) is 20.8. The number of carbonyl (C=O) groups is 2. The summed E-state index contributed by atoms with van der Waals surface area (Å²) in [5.41, 5.74) is 1.93. The Morgan fingerprint density at radius 1 is 0.919 bits per heavy atom. The molecule has 188 valence electrons. The molecular formula is C29H26N2O6. The molecule has 1 aliphatic heterocycles. The lowest BCUT2D eigenvalue weighted by molar-refractivity contribution is -0.140. The predicted octanol–water partition coefficient (Wildman–Crippen LogP) is 4.69. The number of nitrogens with zero attached hydrogens (tertiary/aromatic N) is 1. The van der Waals surface area contributed by atoms with Crippen LogP contribution in [0.25, 0.3) is 16.7 Å². The van der Waals surface area contributed by atoms with E-state index < -0.39 is 17.7 Å². The number of Topliss-reactive ketones (excluding diaryl/α,β-unsaturated/α-hetero) is 1. The first kappa shape index (κ1) is 24.0. The van der Waals surface area contributed by atoms with Crippen molar-refractivity contribution in [1.82, 2.24) is 9.88 Å². The van der Waals surface area contributed by atoms with Gasteiger partial charge in [-0.3, -0.25) is 9.59 Å². The second kappa shape index (κ2) is 10.1. The average molecular weight is 499 g/mol. The number of aromatic nitrogens is 1. The van der Waals surface area contributed by atoms with Crippen molar-refractivity contribution in [1.29, 1.82) is 0 Å². The molecule has 0 bridgehead atoms. The Kier molecular flexibility index (Phi) is 6.55. The summed E-state index contributed by atoms with van der Waals surface area (Å²) in [6.45, 7) is 0.274. The van der Waals surface area contributed by atoms with Gasteiger partial charge >= 0.3 is 0 Å². The van der Waals surface area contributed by atoms with Crippen molar-refractivity contribution < 1.29 is 28.9 Å². The second-order valence-corrected chi connectivity index (χ2v) is 8.54. The quantitative estimate of drug-likeness (QED) is 0.208. The van der Waals surface area contributed by atoms with Crippen LogP contribution in [0.2, 0.25) is 0 Å². The molecule has 1 amide bonds. The molecule has 1 saturated heterocycles. The number of fused-ring (bicyclic) bond motifs is 1. The van der Waals surface area contributed by atoms with E-state index in [0.717, 1.165) is 10.9 Å². The van der Waals surface area contributed by atoms with E-state index >= 15 is 0 Å². The molecule has 1 unspecified atom stereocenters. The van der Waals surface area contributed by atoms with Gasteiger partial charge in [0.1, 0.15) is 29.6 Å². The van der Waals surface area contributed by atoms with Crippen LogP contribution in [0.3, 0.4) is 0 Å². The van der Waals surface area contributed by atoms with Crippen LogP contribution in [-0.4, -0.2) is 54.1 Å². The second-order valence-electron chi connectivity index (χ2n) is 8.54. The Balaban J connectivity index is 1.52. The van der Waals surface area contributed by atoms with E-state index in [1.165, 1.54) is 4.90 Å². The van der Waals surface area contributed by atoms with Gasteiger partial charge in [-0.25, -0.2) is 0 Å². The molecule has 8 nitrogen and oxygen atoms in total. The van der Waals surface area contributed by atoms with Gasteiger partial charge in [0.05, 0.1) is 32.4 Å².